The van der Waals surface area contributed by atoms with E-state index in [1.54, 1.807) is 0 Å². The second-order valence-electron chi connectivity index (χ2n) is 5.02. The molecule has 1 nitrogen and oxygen atoms in total. The molecule has 3 unspecified atom stereocenters. The number of hydrogen-bond acceptors (Lipinski definition) is 1. The Morgan fingerprint density at radius 1 is 1.33 bits per heavy atom. The van der Waals surface area contributed by atoms with Gasteiger partial charge in [-0.05, 0) is 24.7 Å². The van der Waals surface area contributed by atoms with Gasteiger partial charge in [0.15, 0.2) is 0 Å². The number of rotatable bonds is 0. The predicted octanol–water partition coefficient (Wildman–Crippen LogP) is 2.50. The van der Waals surface area contributed by atoms with Crippen molar-refractivity contribution < 1.29 is 5.11 Å². The molecular formula is C11H18O. The van der Waals surface area contributed by atoms with Crippen LogP contribution in [0, 0.1) is 10.8 Å². The number of aliphatic hydroxyl groups is 1. The standard InChI is InChI=1S/C11H18O/c1-10-5-3-7-11(2,9(10)12)8-4-6-10/h3,5,9,12H,4,6-8H2,1-2H3. The van der Waals surface area contributed by atoms with Crippen LogP contribution in [0.4, 0.5) is 0 Å². The summed E-state index contributed by atoms with van der Waals surface area (Å²) in [6.07, 6.45) is 9.03. The van der Waals surface area contributed by atoms with E-state index in [1.165, 1.54) is 12.8 Å². The van der Waals surface area contributed by atoms with Gasteiger partial charge < -0.3 is 5.11 Å². The molecule has 0 aliphatic heterocycles. The SMILES string of the molecule is CC12C=CCC(C)(CCC1)C2O. The Kier molecular flexibility index (Phi) is 1.63. The Morgan fingerprint density at radius 3 is 2.67 bits per heavy atom. The van der Waals surface area contributed by atoms with Gasteiger partial charge in [0, 0.05) is 5.41 Å². The Balaban J connectivity index is 2.37. The third kappa shape index (κ3) is 0.957. The molecule has 1 fully saturated rings. The zero-order valence-electron chi connectivity index (χ0n) is 8.01. The van der Waals surface area contributed by atoms with Crippen LogP contribution in [0.3, 0.4) is 0 Å². The lowest BCUT2D eigenvalue weighted by Crippen LogP contribution is -2.49. The molecule has 2 aliphatic rings. The molecule has 1 heteroatoms. The maximum absolute atomic E-state index is 10.2. The van der Waals surface area contributed by atoms with Crippen LogP contribution < -0.4 is 0 Å². The minimum absolute atomic E-state index is 0.0747. The van der Waals surface area contributed by atoms with E-state index in [2.05, 4.69) is 26.0 Å². The molecule has 1 N–H and O–H groups in total. The van der Waals surface area contributed by atoms with Crippen LogP contribution in [-0.2, 0) is 0 Å². The fourth-order valence-electron chi connectivity index (χ4n) is 2.93. The minimum atomic E-state index is -0.122. The normalized spacial score (nSPS) is 52.4. The summed E-state index contributed by atoms with van der Waals surface area (Å²) < 4.78 is 0. The average molecular weight is 166 g/mol. The second kappa shape index (κ2) is 2.35. The Bertz CT molecular complexity index is 221. The third-order valence-electron chi connectivity index (χ3n) is 3.83. The van der Waals surface area contributed by atoms with Crippen LogP contribution in [0.15, 0.2) is 12.2 Å². The van der Waals surface area contributed by atoms with Gasteiger partial charge in [0.25, 0.3) is 0 Å². The monoisotopic (exact) mass is 166 g/mol. The molecule has 0 saturated heterocycles. The second-order valence-corrected chi connectivity index (χ2v) is 5.02. The molecule has 0 aromatic heterocycles. The predicted molar refractivity (Wildman–Crippen MR) is 49.8 cm³/mol. The molecule has 3 atom stereocenters. The summed E-state index contributed by atoms with van der Waals surface area (Å²) in [5.41, 5.74) is 0.243. The van der Waals surface area contributed by atoms with E-state index in [1.807, 2.05) is 0 Å². The molecule has 0 heterocycles. The molecule has 0 radical (unpaired) electrons. The fraction of sp³-hybridized carbons (Fsp3) is 0.818. The Labute approximate surface area is 74.5 Å². The Hall–Kier alpha value is -0.300. The lowest BCUT2D eigenvalue weighted by molar-refractivity contribution is -0.0765. The van der Waals surface area contributed by atoms with Gasteiger partial charge in [-0.2, -0.15) is 0 Å². The third-order valence-corrected chi connectivity index (χ3v) is 3.83. The van der Waals surface area contributed by atoms with E-state index in [9.17, 15) is 5.11 Å². The molecule has 1 saturated carbocycles. The van der Waals surface area contributed by atoms with Crippen molar-refractivity contribution in [1.82, 2.24) is 0 Å². The van der Waals surface area contributed by atoms with E-state index >= 15 is 0 Å². The van der Waals surface area contributed by atoms with Gasteiger partial charge in [0.1, 0.15) is 0 Å². The fourth-order valence-corrected chi connectivity index (χ4v) is 2.93. The lowest BCUT2D eigenvalue weighted by atomic mass is 9.57. The highest BCUT2D eigenvalue weighted by Crippen LogP contribution is 2.52. The number of aliphatic hydroxyl groups excluding tert-OH is 1. The lowest BCUT2D eigenvalue weighted by Gasteiger charge is -2.50. The molecule has 2 rings (SSSR count). The molecule has 2 aliphatic carbocycles. The van der Waals surface area contributed by atoms with Crippen LogP contribution in [-0.4, -0.2) is 11.2 Å². The van der Waals surface area contributed by atoms with Crippen molar-refractivity contribution in [3.8, 4) is 0 Å². The average Bonchev–Trinajstić information content (AvgIpc) is 1.97. The first kappa shape index (κ1) is 8.31. The molecule has 0 spiro atoms. The van der Waals surface area contributed by atoms with Gasteiger partial charge in [-0.25, -0.2) is 0 Å². The van der Waals surface area contributed by atoms with Gasteiger partial charge in [0.2, 0.25) is 0 Å². The highest BCUT2D eigenvalue weighted by atomic mass is 16.3. The number of hydrogen-bond donors (Lipinski definition) is 1. The van der Waals surface area contributed by atoms with E-state index in [-0.39, 0.29) is 16.9 Å². The molecule has 0 amide bonds. The maximum Gasteiger partial charge on any atom is 0.0684 e. The highest BCUT2D eigenvalue weighted by molar-refractivity contribution is 5.14. The van der Waals surface area contributed by atoms with Crippen molar-refractivity contribution in [1.29, 1.82) is 0 Å². The summed E-state index contributed by atoms with van der Waals surface area (Å²) in [7, 11) is 0. The maximum atomic E-state index is 10.2. The van der Waals surface area contributed by atoms with Crippen LogP contribution in [0.1, 0.15) is 39.5 Å². The summed E-state index contributed by atoms with van der Waals surface area (Å²) in [5.74, 6) is 0. The summed E-state index contributed by atoms with van der Waals surface area (Å²) >= 11 is 0. The van der Waals surface area contributed by atoms with Crippen LogP contribution in [0.5, 0.6) is 0 Å². The number of allylic oxidation sites excluding steroid dienone is 1. The molecule has 68 valence electrons. The largest absolute Gasteiger partial charge is 0.392 e. The topological polar surface area (TPSA) is 20.2 Å². The molecular weight excluding hydrogens is 148 g/mol. The summed E-state index contributed by atoms with van der Waals surface area (Å²) in [4.78, 5) is 0. The molecule has 2 bridgehead atoms. The summed E-state index contributed by atoms with van der Waals surface area (Å²) in [6.45, 7) is 4.41. The first-order chi connectivity index (χ1) is 5.57. The van der Waals surface area contributed by atoms with Crippen molar-refractivity contribution in [3.05, 3.63) is 12.2 Å². The van der Waals surface area contributed by atoms with Crippen molar-refractivity contribution in [2.45, 2.75) is 45.6 Å². The summed E-state index contributed by atoms with van der Waals surface area (Å²) in [6, 6.07) is 0. The quantitative estimate of drug-likeness (QED) is 0.548. The van der Waals surface area contributed by atoms with E-state index < -0.39 is 0 Å². The zero-order valence-corrected chi connectivity index (χ0v) is 8.01. The van der Waals surface area contributed by atoms with Gasteiger partial charge >= 0.3 is 0 Å². The highest BCUT2D eigenvalue weighted by Gasteiger charge is 2.48. The van der Waals surface area contributed by atoms with Gasteiger partial charge in [-0.3, -0.25) is 0 Å². The van der Waals surface area contributed by atoms with E-state index in [0.29, 0.717) is 0 Å². The van der Waals surface area contributed by atoms with Crippen LogP contribution >= 0.6 is 0 Å². The first-order valence-corrected chi connectivity index (χ1v) is 4.93. The van der Waals surface area contributed by atoms with E-state index in [4.69, 9.17) is 0 Å². The zero-order chi connectivity index (χ0) is 8.82. The van der Waals surface area contributed by atoms with Gasteiger partial charge in [-0.1, -0.05) is 32.4 Å². The minimum Gasteiger partial charge on any atom is -0.392 e. The van der Waals surface area contributed by atoms with E-state index in [0.717, 1.165) is 12.8 Å². The molecule has 0 aromatic carbocycles. The number of fused-ring (bicyclic) bond motifs is 2. The van der Waals surface area contributed by atoms with Crippen molar-refractivity contribution in [2.24, 2.45) is 10.8 Å². The Morgan fingerprint density at radius 2 is 2.08 bits per heavy atom. The van der Waals surface area contributed by atoms with Gasteiger partial charge in [-0.15, -0.1) is 0 Å². The van der Waals surface area contributed by atoms with Crippen LogP contribution in [0.2, 0.25) is 0 Å². The van der Waals surface area contributed by atoms with Crippen LogP contribution in [0.25, 0.3) is 0 Å². The molecule has 0 aromatic rings. The van der Waals surface area contributed by atoms with Crippen molar-refractivity contribution >= 4 is 0 Å². The van der Waals surface area contributed by atoms with Gasteiger partial charge in [0.05, 0.1) is 6.10 Å². The first-order valence-electron chi connectivity index (χ1n) is 4.93. The van der Waals surface area contributed by atoms with Crippen molar-refractivity contribution in [3.63, 3.8) is 0 Å². The van der Waals surface area contributed by atoms with Crippen molar-refractivity contribution in [2.75, 3.05) is 0 Å². The summed E-state index contributed by atoms with van der Waals surface area (Å²) in [5, 5.41) is 10.2. The molecule has 12 heavy (non-hydrogen) atoms. The smallest absolute Gasteiger partial charge is 0.0684 e.